The lowest BCUT2D eigenvalue weighted by atomic mass is 10.1. The number of rotatable bonds is 8. The molecule has 1 N–H and O–H groups in total. The fraction of sp³-hybridized carbons (Fsp3) is 0.333. The number of nitro groups is 1. The standard InChI is InChI=1S/C15H18N4O5/c1-23-12-4-3-11(9-13(12)24-2)5-7-16-15(20)10-18-8-6-14(17-18)19(21)22/h3-4,6,8-9H,5,7,10H2,1-2H3,(H,16,20). The Hall–Kier alpha value is -3.10. The Morgan fingerprint density at radius 3 is 2.67 bits per heavy atom. The van der Waals surface area contributed by atoms with E-state index in [2.05, 4.69) is 10.4 Å². The number of benzene rings is 1. The average molecular weight is 334 g/mol. The van der Waals surface area contributed by atoms with E-state index in [1.165, 1.54) is 16.9 Å². The lowest BCUT2D eigenvalue weighted by Crippen LogP contribution is -2.29. The highest BCUT2D eigenvalue weighted by atomic mass is 16.6. The minimum atomic E-state index is -0.606. The lowest BCUT2D eigenvalue weighted by Gasteiger charge is -2.10. The second-order valence-corrected chi connectivity index (χ2v) is 4.92. The van der Waals surface area contributed by atoms with Gasteiger partial charge in [-0.05, 0) is 29.0 Å². The van der Waals surface area contributed by atoms with Crippen LogP contribution < -0.4 is 14.8 Å². The Labute approximate surface area is 138 Å². The summed E-state index contributed by atoms with van der Waals surface area (Å²) >= 11 is 0. The molecule has 0 atom stereocenters. The molecule has 0 aliphatic heterocycles. The van der Waals surface area contributed by atoms with Gasteiger partial charge in [0, 0.05) is 6.54 Å². The molecule has 0 aliphatic rings. The molecule has 9 heteroatoms. The summed E-state index contributed by atoms with van der Waals surface area (Å²) in [6, 6.07) is 6.79. The van der Waals surface area contributed by atoms with Crippen LogP contribution in [0, 0.1) is 10.1 Å². The van der Waals surface area contributed by atoms with Gasteiger partial charge in [-0.1, -0.05) is 6.07 Å². The smallest absolute Gasteiger partial charge is 0.389 e. The highest BCUT2D eigenvalue weighted by Gasteiger charge is 2.13. The van der Waals surface area contributed by atoms with Gasteiger partial charge in [-0.25, -0.2) is 0 Å². The maximum absolute atomic E-state index is 11.8. The number of carbonyl (C=O) groups is 1. The van der Waals surface area contributed by atoms with Crippen molar-refractivity contribution < 1.29 is 19.2 Å². The second kappa shape index (κ2) is 7.95. The zero-order chi connectivity index (χ0) is 17.5. The van der Waals surface area contributed by atoms with E-state index in [0.717, 1.165) is 5.56 Å². The predicted molar refractivity (Wildman–Crippen MR) is 85.1 cm³/mol. The van der Waals surface area contributed by atoms with Gasteiger partial charge in [-0.15, -0.1) is 0 Å². The number of hydrogen-bond donors (Lipinski definition) is 1. The number of methoxy groups -OCH3 is 2. The zero-order valence-electron chi connectivity index (χ0n) is 13.4. The SMILES string of the molecule is COc1ccc(CCNC(=O)Cn2ccc([N+](=O)[O-])n2)cc1OC. The van der Waals surface area contributed by atoms with E-state index in [-0.39, 0.29) is 18.3 Å². The van der Waals surface area contributed by atoms with Crippen LogP contribution in [0.3, 0.4) is 0 Å². The Bertz CT molecular complexity index is 728. The maximum Gasteiger partial charge on any atom is 0.389 e. The summed E-state index contributed by atoms with van der Waals surface area (Å²) in [5, 5.41) is 17.0. The largest absolute Gasteiger partial charge is 0.493 e. The summed E-state index contributed by atoms with van der Waals surface area (Å²) < 4.78 is 11.6. The van der Waals surface area contributed by atoms with Gasteiger partial charge >= 0.3 is 5.82 Å². The van der Waals surface area contributed by atoms with E-state index in [0.29, 0.717) is 24.5 Å². The van der Waals surface area contributed by atoms with Crippen molar-refractivity contribution >= 4 is 11.7 Å². The first-order valence-electron chi connectivity index (χ1n) is 7.19. The molecule has 0 saturated carbocycles. The molecular weight excluding hydrogens is 316 g/mol. The van der Waals surface area contributed by atoms with Gasteiger partial charge in [0.05, 0.1) is 31.6 Å². The highest BCUT2D eigenvalue weighted by Crippen LogP contribution is 2.27. The van der Waals surface area contributed by atoms with Gasteiger partial charge in [-0.3, -0.25) is 4.79 Å². The van der Waals surface area contributed by atoms with Crippen molar-refractivity contribution in [1.82, 2.24) is 15.1 Å². The molecule has 0 aliphatic carbocycles. The molecule has 1 amide bonds. The van der Waals surface area contributed by atoms with Crippen LogP contribution in [0.15, 0.2) is 30.5 Å². The highest BCUT2D eigenvalue weighted by molar-refractivity contribution is 5.75. The van der Waals surface area contributed by atoms with Crippen LogP contribution in [0.5, 0.6) is 11.5 Å². The van der Waals surface area contributed by atoms with Crippen LogP contribution in [0.25, 0.3) is 0 Å². The number of nitrogens with zero attached hydrogens (tertiary/aromatic N) is 3. The van der Waals surface area contributed by atoms with Crippen molar-refractivity contribution in [2.75, 3.05) is 20.8 Å². The van der Waals surface area contributed by atoms with Crippen LogP contribution in [0.1, 0.15) is 5.56 Å². The van der Waals surface area contributed by atoms with E-state index in [1.807, 2.05) is 12.1 Å². The van der Waals surface area contributed by atoms with Gasteiger partial charge in [0.1, 0.15) is 6.54 Å². The van der Waals surface area contributed by atoms with E-state index in [1.54, 1.807) is 20.3 Å². The van der Waals surface area contributed by atoms with E-state index >= 15 is 0 Å². The fourth-order valence-electron chi connectivity index (χ4n) is 2.12. The molecule has 9 nitrogen and oxygen atoms in total. The third-order valence-corrected chi connectivity index (χ3v) is 3.30. The molecule has 24 heavy (non-hydrogen) atoms. The quantitative estimate of drug-likeness (QED) is 0.573. The number of nitrogens with one attached hydrogen (secondary N) is 1. The summed E-state index contributed by atoms with van der Waals surface area (Å²) in [4.78, 5) is 21.8. The van der Waals surface area contributed by atoms with Gasteiger partial charge in [0.25, 0.3) is 0 Å². The first-order chi connectivity index (χ1) is 11.5. The van der Waals surface area contributed by atoms with Crippen LogP contribution in [0.2, 0.25) is 0 Å². The predicted octanol–water partition coefficient (Wildman–Crippen LogP) is 1.17. The molecular formula is C15H18N4O5. The number of aromatic nitrogens is 2. The van der Waals surface area contributed by atoms with E-state index in [9.17, 15) is 14.9 Å². The molecule has 2 aromatic rings. The number of carbonyl (C=O) groups excluding carboxylic acids is 1. The van der Waals surface area contributed by atoms with Gasteiger partial charge in [0.2, 0.25) is 5.91 Å². The van der Waals surface area contributed by atoms with E-state index < -0.39 is 4.92 Å². The summed E-state index contributed by atoms with van der Waals surface area (Å²) in [5.74, 6) is 0.720. The van der Waals surface area contributed by atoms with Crippen LogP contribution in [-0.4, -0.2) is 41.4 Å². The van der Waals surface area contributed by atoms with Crippen molar-refractivity contribution in [3.8, 4) is 11.5 Å². The molecule has 128 valence electrons. The Morgan fingerprint density at radius 2 is 2.04 bits per heavy atom. The normalized spacial score (nSPS) is 10.2. The topological polar surface area (TPSA) is 109 Å². The average Bonchev–Trinajstić information content (AvgIpc) is 3.03. The number of ether oxygens (including phenoxy) is 2. The second-order valence-electron chi connectivity index (χ2n) is 4.92. The fourth-order valence-corrected chi connectivity index (χ4v) is 2.12. The van der Waals surface area contributed by atoms with Crippen molar-refractivity contribution in [2.45, 2.75) is 13.0 Å². The van der Waals surface area contributed by atoms with Crippen molar-refractivity contribution in [1.29, 1.82) is 0 Å². The zero-order valence-corrected chi connectivity index (χ0v) is 13.4. The van der Waals surface area contributed by atoms with Crippen LogP contribution in [0.4, 0.5) is 5.82 Å². The molecule has 0 radical (unpaired) electrons. The summed E-state index contributed by atoms with van der Waals surface area (Å²) in [7, 11) is 3.13. The van der Waals surface area contributed by atoms with Crippen molar-refractivity contribution in [3.63, 3.8) is 0 Å². The summed E-state index contributed by atoms with van der Waals surface area (Å²) in [6.45, 7) is 0.359. The molecule has 0 bridgehead atoms. The van der Waals surface area contributed by atoms with Gasteiger partial charge in [-0.2, -0.15) is 4.68 Å². The number of amides is 1. The first-order valence-corrected chi connectivity index (χ1v) is 7.19. The molecule has 0 spiro atoms. The third-order valence-electron chi connectivity index (χ3n) is 3.30. The molecule has 1 heterocycles. The molecule has 1 aromatic heterocycles. The Kier molecular flexibility index (Phi) is 5.72. The van der Waals surface area contributed by atoms with Gasteiger partial charge in [0.15, 0.2) is 11.5 Å². The van der Waals surface area contributed by atoms with Crippen molar-refractivity contribution in [2.24, 2.45) is 0 Å². The van der Waals surface area contributed by atoms with Crippen LogP contribution in [-0.2, 0) is 17.8 Å². The monoisotopic (exact) mass is 334 g/mol. The summed E-state index contributed by atoms with van der Waals surface area (Å²) in [5.41, 5.74) is 0.989. The third kappa shape index (κ3) is 4.45. The lowest BCUT2D eigenvalue weighted by molar-refractivity contribution is -0.389. The van der Waals surface area contributed by atoms with Gasteiger partial charge < -0.3 is 24.9 Å². The minimum absolute atomic E-state index is 0.0697. The molecule has 1 aromatic carbocycles. The molecule has 0 saturated heterocycles. The number of hydrogen-bond acceptors (Lipinski definition) is 6. The molecule has 2 rings (SSSR count). The molecule has 0 fully saturated rings. The maximum atomic E-state index is 11.8. The molecule has 0 unspecified atom stereocenters. The Balaban J connectivity index is 1.82. The van der Waals surface area contributed by atoms with Crippen molar-refractivity contribution in [3.05, 3.63) is 46.1 Å². The first kappa shape index (κ1) is 17.3. The van der Waals surface area contributed by atoms with E-state index in [4.69, 9.17) is 9.47 Å². The summed E-state index contributed by atoms with van der Waals surface area (Å²) in [6.07, 6.45) is 2.01. The minimum Gasteiger partial charge on any atom is -0.493 e. The van der Waals surface area contributed by atoms with Crippen LogP contribution >= 0.6 is 0 Å². The Morgan fingerprint density at radius 1 is 1.29 bits per heavy atom.